The van der Waals surface area contributed by atoms with Crippen molar-refractivity contribution in [3.63, 3.8) is 0 Å². The molecule has 0 bridgehead atoms. The van der Waals surface area contributed by atoms with Crippen LogP contribution in [0.25, 0.3) is 0 Å². The molecule has 1 unspecified atom stereocenters. The minimum absolute atomic E-state index is 0.112. The van der Waals surface area contributed by atoms with E-state index in [2.05, 4.69) is 15.3 Å². The molecule has 5 N–H and O–H groups in total. The second-order valence-electron chi connectivity index (χ2n) is 5.80. The number of carbonyl (C=O) groups is 2. The predicted octanol–water partition coefficient (Wildman–Crippen LogP) is 1.23. The van der Waals surface area contributed by atoms with Gasteiger partial charge in [0.25, 0.3) is 5.91 Å². The first kappa shape index (κ1) is 19.1. The number of aldehydes is 1. The van der Waals surface area contributed by atoms with Gasteiger partial charge in [-0.25, -0.2) is 10.8 Å². The Bertz CT molecular complexity index is 798. The summed E-state index contributed by atoms with van der Waals surface area (Å²) < 4.78 is 5.18. The maximum atomic E-state index is 11.7. The van der Waals surface area contributed by atoms with Gasteiger partial charge < -0.3 is 20.6 Å². The summed E-state index contributed by atoms with van der Waals surface area (Å²) in [6.45, 7) is 3.52. The van der Waals surface area contributed by atoms with Gasteiger partial charge in [0, 0.05) is 23.9 Å². The fourth-order valence-electron chi connectivity index (χ4n) is 2.16. The molecular formula is C17H22N6O3. The van der Waals surface area contributed by atoms with E-state index in [9.17, 15) is 9.59 Å². The molecule has 1 aromatic heterocycles. The van der Waals surface area contributed by atoms with Gasteiger partial charge in [-0.05, 0) is 19.1 Å². The van der Waals surface area contributed by atoms with Crippen LogP contribution in [0.3, 0.4) is 0 Å². The SMILES string of the molecule is COc1cccc(Nc2nc(N(N)[C@H](C)C(C)C=O)ncc2C(N)=O)c1. The largest absolute Gasteiger partial charge is 0.497 e. The molecule has 0 saturated heterocycles. The molecule has 0 saturated carbocycles. The minimum Gasteiger partial charge on any atom is -0.497 e. The van der Waals surface area contributed by atoms with Gasteiger partial charge in [-0.2, -0.15) is 4.98 Å². The number of hydrogen-bond acceptors (Lipinski definition) is 8. The van der Waals surface area contributed by atoms with Crippen LogP contribution in [0.2, 0.25) is 0 Å². The third-order valence-corrected chi connectivity index (χ3v) is 4.02. The highest BCUT2D eigenvalue weighted by atomic mass is 16.5. The summed E-state index contributed by atoms with van der Waals surface area (Å²) in [6, 6.07) is 6.76. The van der Waals surface area contributed by atoms with Crippen LogP contribution < -0.4 is 26.6 Å². The predicted molar refractivity (Wildman–Crippen MR) is 98.2 cm³/mol. The lowest BCUT2D eigenvalue weighted by atomic mass is 10.1. The molecule has 0 spiro atoms. The molecule has 0 aliphatic heterocycles. The number of amides is 1. The first-order valence-corrected chi connectivity index (χ1v) is 7.94. The van der Waals surface area contributed by atoms with E-state index in [-0.39, 0.29) is 29.3 Å². The fourth-order valence-corrected chi connectivity index (χ4v) is 2.16. The van der Waals surface area contributed by atoms with E-state index in [1.165, 1.54) is 11.2 Å². The van der Waals surface area contributed by atoms with Crippen LogP contribution in [0.1, 0.15) is 24.2 Å². The van der Waals surface area contributed by atoms with Crippen LogP contribution in [-0.2, 0) is 4.79 Å². The molecule has 2 rings (SSSR count). The Morgan fingerprint density at radius 3 is 2.73 bits per heavy atom. The van der Waals surface area contributed by atoms with Crippen molar-refractivity contribution in [3.8, 4) is 5.75 Å². The van der Waals surface area contributed by atoms with Crippen LogP contribution in [0.15, 0.2) is 30.5 Å². The summed E-state index contributed by atoms with van der Waals surface area (Å²) in [7, 11) is 1.55. The molecule has 0 aliphatic carbocycles. The highest BCUT2D eigenvalue weighted by molar-refractivity contribution is 5.98. The number of nitrogens with two attached hydrogens (primary N) is 2. The lowest BCUT2D eigenvalue weighted by Gasteiger charge is -2.26. The number of ether oxygens (including phenoxy) is 1. The lowest BCUT2D eigenvalue weighted by Crippen LogP contribution is -2.44. The Kier molecular flexibility index (Phi) is 6.07. The Balaban J connectivity index is 2.39. The lowest BCUT2D eigenvalue weighted by molar-refractivity contribution is -0.111. The Hall–Kier alpha value is -3.20. The van der Waals surface area contributed by atoms with Crippen LogP contribution in [0.4, 0.5) is 17.5 Å². The monoisotopic (exact) mass is 358 g/mol. The van der Waals surface area contributed by atoms with Gasteiger partial charge in [-0.3, -0.25) is 9.80 Å². The zero-order chi connectivity index (χ0) is 19.3. The Morgan fingerprint density at radius 1 is 1.38 bits per heavy atom. The second-order valence-corrected chi connectivity index (χ2v) is 5.80. The highest BCUT2D eigenvalue weighted by Crippen LogP contribution is 2.24. The standard InChI is InChI=1S/C17H22N6O3/c1-10(9-24)11(2)23(19)17-20-8-14(15(18)25)16(22-17)21-12-5-4-6-13(7-12)26-3/h4-11H,19H2,1-3H3,(H2,18,25)(H,20,21,22)/t10?,11-/m1/s1. The number of primary amides is 1. The normalized spacial score (nSPS) is 12.8. The number of rotatable bonds is 8. The fraction of sp³-hybridized carbons (Fsp3) is 0.294. The maximum absolute atomic E-state index is 11.7. The average molecular weight is 358 g/mol. The summed E-state index contributed by atoms with van der Waals surface area (Å²) in [4.78, 5) is 31.1. The number of hydrogen-bond donors (Lipinski definition) is 3. The van der Waals surface area contributed by atoms with E-state index < -0.39 is 5.91 Å². The molecule has 138 valence electrons. The van der Waals surface area contributed by atoms with E-state index in [0.29, 0.717) is 11.4 Å². The molecule has 0 fully saturated rings. The number of nitrogens with zero attached hydrogens (tertiary/aromatic N) is 3. The minimum atomic E-state index is -0.681. The van der Waals surface area contributed by atoms with Crippen molar-refractivity contribution in [2.24, 2.45) is 17.5 Å². The van der Waals surface area contributed by atoms with E-state index in [1.54, 1.807) is 45.2 Å². The third kappa shape index (κ3) is 4.25. The smallest absolute Gasteiger partial charge is 0.254 e. The second kappa shape index (κ2) is 8.26. The van der Waals surface area contributed by atoms with Gasteiger partial charge in [-0.1, -0.05) is 13.0 Å². The van der Waals surface area contributed by atoms with Crippen LogP contribution in [-0.4, -0.2) is 35.3 Å². The number of methoxy groups -OCH3 is 1. The van der Waals surface area contributed by atoms with Crippen molar-refractivity contribution in [2.75, 3.05) is 17.4 Å². The van der Waals surface area contributed by atoms with Gasteiger partial charge >= 0.3 is 0 Å². The maximum Gasteiger partial charge on any atom is 0.254 e. The topological polar surface area (TPSA) is 136 Å². The van der Waals surface area contributed by atoms with Crippen molar-refractivity contribution < 1.29 is 14.3 Å². The van der Waals surface area contributed by atoms with Crippen LogP contribution in [0.5, 0.6) is 5.75 Å². The zero-order valence-corrected chi connectivity index (χ0v) is 14.8. The van der Waals surface area contributed by atoms with E-state index in [1.807, 2.05) is 0 Å². The first-order chi connectivity index (χ1) is 12.4. The van der Waals surface area contributed by atoms with Crippen molar-refractivity contribution in [1.82, 2.24) is 9.97 Å². The van der Waals surface area contributed by atoms with E-state index in [4.69, 9.17) is 16.3 Å². The number of aromatic nitrogens is 2. The quantitative estimate of drug-likeness (QED) is 0.364. The van der Waals surface area contributed by atoms with Crippen LogP contribution >= 0.6 is 0 Å². The summed E-state index contributed by atoms with van der Waals surface area (Å²) in [5.41, 5.74) is 6.16. The van der Waals surface area contributed by atoms with Crippen molar-refractivity contribution >= 4 is 29.6 Å². The van der Waals surface area contributed by atoms with Gasteiger partial charge in [0.15, 0.2) is 0 Å². The molecule has 1 heterocycles. The molecule has 0 aliphatic rings. The van der Waals surface area contributed by atoms with Crippen molar-refractivity contribution in [2.45, 2.75) is 19.9 Å². The summed E-state index contributed by atoms with van der Waals surface area (Å²) in [5, 5.41) is 4.30. The molecule has 9 heteroatoms. The van der Waals surface area contributed by atoms with Crippen LogP contribution in [0, 0.1) is 5.92 Å². The molecular weight excluding hydrogens is 336 g/mol. The van der Waals surface area contributed by atoms with Gasteiger partial charge in [0.2, 0.25) is 5.95 Å². The van der Waals surface area contributed by atoms with Gasteiger partial charge in [0.1, 0.15) is 23.4 Å². The molecule has 2 aromatic rings. The number of carbonyl (C=O) groups excluding carboxylic acids is 2. The van der Waals surface area contributed by atoms with Gasteiger partial charge in [-0.15, -0.1) is 0 Å². The number of anilines is 3. The van der Waals surface area contributed by atoms with Gasteiger partial charge in [0.05, 0.1) is 13.2 Å². The summed E-state index contributed by atoms with van der Waals surface area (Å²) >= 11 is 0. The third-order valence-electron chi connectivity index (χ3n) is 4.02. The molecule has 2 atom stereocenters. The molecule has 9 nitrogen and oxygen atoms in total. The number of benzene rings is 1. The number of nitrogens with one attached hydrogen (secondary N) is 1. The highest BCUT2D eigenvalue weighted by Gasteiger charge is 2.21. The Morgan fingerprint density at radius 2 is 2.12 bits per heavy atom. The van der Waals surface area contributed by atoms with Crippen molar-refractivity contribution in [3.05, 3.63) is 36.0 Å². The van der Waals surface area contributed by atoms with E-state index >= 15 is 0 Å². The summed E-state index contributed by atoms with van der Waals surface area (Å²) in [5.74, 6) is 6.03. The number of hydrazine groups is 1. The van der Waals surface area contributed by atoms with E-state index in [0.717, 1.165) is 6.29 Å². The average Bonchev–Trinajstić information content (AvgIpc) is 2.66. The molecule has 1 amide bonds. The summed E-state index contributed by atoms with van der Waals surface area (Å²) in [6.07, 6.45) is 2.10. The first-order valence-electron chi connectivity index (χ1n) is 7.94. The molecule has 26 heavy (non-hydrogen) atoms. The molecule has 0 radical (unpaired) electrons. The molecule has 1 aromatic carbocycles. The zero-order valence-electron chi connectivity index (χ0n) is 14.8. The Labute approximate surface area is 151 Å². The van der Waals surface area contributed by atoms with Crippen molar-refractivity contribution in [1.29, 1.82) is 0 Å².